The Balaban J connectivity index is 1.61. The molecule has 2 fully saturated rings. The summed E-state index contributed by atoms with van der Waals surface area (Å²) in [5, 5.41) is 1.05. The molecule has 0 saturated carbocycles. The minimum atomic E-state index is -0.0475. The maximum Gasteiger partial charge on any atom is 0.320 e. The van der Waals surface area contributed by atoms with Gasteiger partial charge in [-0.3, -0.25) is 0 Å². The standard InChI is InChI=1S/C17H24N6O/c1-3-21(2)16(24)23-9-4-6-17(23)7-10-22(11-17)15-13-5-8-18-14(13)19-12-20-15/h5,8,12H,3-4,6-7,9-11H2,1-2H3,(H,18,19,20). The van der Waals surface area contributed by atoms with E-state index >= 15 is 0 Å². The fourth-order valence-corrected chi connectivity index (χ4v) is 4.15. The highest BCUT2D eigenvalue weighted by Crippen LogP contribution is 2.40. The predicted octanol–water partition coefficient (Wildman–Crippen LogP) is 2.07. The van der Waals surface area contributed by atoms with Crippen molar-refractivity contribution in [2.24, 2.45) is 0 Å². The second kappa shape index (κ2) is 5.65. The van der Waals surface area contributed by atoms with E-state index in [1.165, 1.54) is 0 Å². The topological polar surface area (TPSA) is 68.4 Å². The van der Waals surface area contributed by atoms with Crippen LogP contribution in [-0.4, -0.2) is 69.5 Å². The summed E-state index contributed by atoms with van der Waals surface area (Å²) in [7, 11) is 1.88. The average molecular weight is 328 g/mol. The lowest BCUT2D eigenvalue weighted by atomic mass is 9.95. The van der Waals surface area contributed by atoms with Crippen molar-refractivity contribution in [1.82, 2.24) is 24.8 Å². The highest BCUT2D eigenvalue weighted by molar-refractivity contribution is 5.87. The number of rotatable bonds is 2. The number of hydrogen-bond donors (Lipinski definition) is 1. The molecule has 4 rings (SSSR count). The van der Waals surface area contributed by atoms with Crippen LogP contribution in [0.4, 0.5) is 10.6 Å². The number of hydrogen-bond acceptors (Lipinski definition) is 4. The molecule has 1 atom stereocenters. The van der Waals surface area contributed by atoms with Gasteiger partial charge in [0.1, 0.15) is 17.8 Å². The molecule has 2 saturated heterocycles. The molecule has 128 valence electrons. The first-order valence-corrected chi connectivity index (χ1v) is 8.70. The van der Waals surface area contributed by atoms with Gasteiger partial charge in [0.15, 0.2) is 0 Å². The zero-order chi connectivity index (χ0) is 16.7. The van der Waals surface area contributed by atoms with Crippen molar-refractivity contribution < 1.29 is 4.79 Å². The fraction of sp³-hybridized carbons (Fsp3) is 0.588. The van der Waals surface area contributed by atoms with E-state index in [1.807, 2.05) is 31.1 Å². The van der Waals surface area contributed by atoms with Crippen molar-refractivity contribution in [2.45, 2.75) is 31.7 Å². The zero-order valence-electron chi connectivity index (χ0n) is 14.3. The van der Waals surface area contributed by atoms with E-state index in [9.17, 15) is 4.79 Å². The largest absolute Gasteiger partial charge is 0.354 e. The van der Waals surface area contributed by atoms with Gasteiger partial charge in [-0.05, 0) is 32.3 Å². The van der Waals surface area contributed by atoms with Gasteiger partial charge in [0.2, 0.25) is 0 Å². The quantitative estimate of drug-likeness (QED) is 0.916. The predicted molar refractivity (Wildman–Crippen MR) is 93.1 cm³/mol. The third-order valence-corrected chi connectivity index (χ3v) is 5.59. The molecule has 2 aromatic rings. The molecular weight excluding hydrogens is 304 g/mol. The summed E-state index contributed by atoms with van der Waals surface area (Å²) in [5.41, 5.74) is 0.819. The summed E-state index contributed by atoms with van der Waals surface area (Å²) in [6.45, 7) is 5.40. The molecule has 4 heterocycles. The van der Waals surface area contributed by atoms with Gasteiger partial charge in [-0.1, -0.05) is 0 Å². The lowest BCUT2D eigenvalue weighted by Crippen LogP contribution is -2.53. The lowest BCUT2D eigenvalue weighted by Gasteiger charge is -2.37. The molecule has 1 unspecified atom stereocenters. The normalized spacial score (nSPS) is 23.6. The first-order valence-electron chi connectivity index (χ1n) is 8.70. The van der Waals surface area contributed by atoms with E-state index in [4.69, 9.17) is 0 Å². The van der Waals surface area contributed by atoms with E-state index in [2.05, 4.69) is 24.8 Å². The Hall–Kier alpha value is -2.31. The summed E-state index contributed by atoms with van der Waals surface area (Å²) >= 11 is 0. The molecule has 2 aliphatic rings. The third kappa shape index (κ3) is 2.22. The number of amides is 2. The van der Waals surface area contributed by atoms with Crippen molar-refractivity contribution in [3.05, 3.63) is 18.6 Å². The number of fused-ring (bicyclic) bond motifs is 1. The Kier molecular flexibility index (Phi) is 3.58. The van der Waals surface area contributed by atoms with Crippen LogP contribution in [0, 0.1) is 0 Å². The van der Waals surface area contributed by atoms with Crippen LogP contribution in [0.2, 0.25) is 0 Å². The Morgan fingerprint density at radius 2 is 2.25 bits per heavy atom. The number of aromatic amines is 1. The molecule has 0 bridgehead atoms. The van der Waals surface area contributed by atoms with Crippen LogP contribution < -0.4 is 4.90 Å². The summed E-state index contributed by atoms with van der Waals surface area (Å²) in [6.07, 6.45) is 6.68. The van der Waals surface area contributed by atoms with Crippen LogP contribution >= 0.6 is 0 Å². The van der Waals surface area contributed by atoms with Gasteiger partial charge >= 0.3 is 6.03 Å². The van der Waals surface area contributed by atoms with Crippen LogP contribution in [0.25, 0.3) is 11.0 Å². The molecule has 7 heteroatoms. The van der Waals surface area contributed by atoms with Gasteiger partial charge < -0.3 is 19.7 Å². The number of anilines is 1. The third-order valence-electron chi connectivity index (χ3n) is 5.59. The van der Waals surface area contributed by atoms with Crippen molar-refractivity contribution in [1.29, 1.82) is 0 Å². The number of nitrogens with zero attached hydrogens (tertiary/aromatic N) is 5. The van der Waals surface area contributed by atoms with E-state index in [0.29, 0.717) is 0 Å². The molecule has 1 spiro atoms. The van der Waals surface area contributed by atoms with E-state index < -0.39 is 0 Å². The van der Waals surface area contributed by atoms with Gasteiger partial charge in [0.05, 0.1) is 10.9 Å². The average Bonchev–Trinajstić information content (AvgIpc) is 3.33. The van der Waals surface area contributed by atoms with E-state index in [0.717, 1.165) is 62.3 Å². The molecular formula is C17H24N6O. The minimum Gasteiger partial charge on any atom is -0.354 e. The van der Waals surface area contributed by atoms with Gasteiger partial charge in [-0.2, -0.15) is 0 Å². The molecule has 0 aliphatic carbocycles. The maximum absolute atomic E-state index is 12.8. The zero-order valence-corrected chi connectivity index (χ0v) is 14.3. The second-order valence-corrected chi connectivity index (χ2v) is 6.89. The van der Waals surface area contributed by atoms with Crippen molar-refractivity contribution in [3.63, 3.8) is 0 Å². The van der Waals surface area contributed by atoms with E-state index in [1.54, 1.807) is 6.33 Å². The van der Waals surface area contributed by atoms with Gasteiger partial charge in [0, 0.05) is 39.4 Å². The number of aromatic nitrogens is 3. The SMILES string of the molecule is CCN(C)C(=O)N1CCCC12CCN(c1ncnc3[nH]ccc13)C2. The number of carbonyl (C=O) groups excluding carboxylic acids is 1. The van der Waals surface area contributed by atoms with Gasteiger partial charge in [0.25, 0.3) is 0 Å². The monoisotopic (exact) mass is 328 g/mol. The van der Waals surface area contributed by atoms with Crippen molar-refractivity contribution in [3.8, 4) is 0 Å². The van der Waals surface area contributed by atoms with Crippen LogP contribution in [-0.2, 0) is 0 Å². The Bertz CT molecular complexity index is 758. The van der Waals surface area contributed by atoms with Gasteiger partial charge in [-0.25, -0.2) is 14.8 Å². The van der Waals surface area contributed by atoms with E-state index in [-0.39, 0.29) is 11.6 Å². The number of likely N-dealkylation sites (tertiary alicyclic amines) is 1. The summed E-state index contributed by atoms with van der Waals surface area (Å²) < 4.78 is 0. The highest BCUT2D eigenvalue weighted by Gasteiger charge is 2.49. The van der Waals surface area contributed by atoms with Gasteiger partial charge in [-0.15, -0.1) is 0 Å². The molecule has 2 aromatic heterocycles. The molecule has 2 amide bonds. The maximum atomic E-state index is 12.8. The van der Waals surface area contributed by atoms with Crippen molar-refractivity contribution in [2.75, 3.05) is 38.1 Å². The summed E-state index contributed by atoms with van der Waals surface area (Å²) in [4.78, 5) is 30.9. The molecule has 1 N–H and O–H groups in total. The Labute approximate surface area is 141 Å². The number of urea groups is 1. The van der Waals surface area contributed by atoms with Crippen molar-refractivity contribution >= 4 is 22.9 Å². The van der Waals surface area contributed by atoms with Crippen LogP contribution in [0.5, 0.6) is 0 Å². The first-order chi connectivity index (χ1) is 11.6. The fourth-order valence-electron chi connectivity index (χ4n) is 4.15. The smallest absolute Gasteiger partial charge is 0.320 e. The molecule has 0 aromatic carbocycles. The number of H-pyrrole nitrogens is 1. The van der Waals surface area contributed by atoms with Crippen LogP contribution in [0.1, 0.15) is 26.2 Å². The Morgan fingerprint density at radius 1 is 1.38 bits per heavy atom. The molecule has 0 radical (unpaired) electrons. The lowest BCUT2D eigenvalue weighted by molar-refractivity contribution is 0.128. The molecule has 7 nitrogen and oxygen atoms in total. The summed E-state index contributed by atoms with van der Waals surface area (Å²) in [6, 6.07) is 2.18. The molecule has 2 aliphatic heterocycles. The Morgan fingerprint density at radius 3 is 3.08 bits per heavy atom. The highest BCUT2D eigenvalue weighted by atomic mass is 16.2. The molecule has 24 heavy (non-hydrogen) atoms. The van der Waals surface area contributed by atoms with Crippen LogP contribution in [0.15, 0.2) is 18.6 Å². The summed E-state index contributed by atoms with van der Waals surface area (Å²) in [5.74, 6) is 0.973. The number of nitrogens with one attached hydrogen (secondary N) is 1. The minimum absolute atomic E-state index is 0.0475. The van der Waals surface area contributed by atoms with Crippen LogP contribution in [0.3, 0.4) is 0 Å². The second-order valence-electron chi connectivity index (χ2n) is 6.89. The number of carbonyl (C=O) groups is 1. The first kappa shape index (κ1) is 15.2.